The largest absolute Gasteiger partial charge is 0.327 e. The summed E-state index contributed by atoms with van der Waals surface area (Å²) in [7, 11) is 0. The van der Waals surface area contributed by atoms with E-state index in [9.17, 15) is 0 Å². The molecule has 0 saturated heterocycles. The monoisotopic (exact) mass is 189 g/mol. The van der Waals surface area contributed by atoms with Crippen LogP contribution in [0.25, 0.3) is 0 Å². The first-order chi connectivity index (χ1) is 5.70. The van der Waals surface area contributed by atoms with E-state index in [0.29, 0.717) is 6.04 Å². The Bertz CT molecular complexity index is 95.8. The SMILES string of the molecule is CCCC(N)CSCC(C)CC. The first-order valence-electron chi connectivity index (χ1n) is 5.04. The average Bonchev–Trinajstić information content (AvgIpc) is 2.04. The third-order valence-corrected chi connectivity index (χ3v) is 3.56. The number of rotatable bonds is 7. The van der Waals surface area contributed by atoms with Gasteiger partial charge in [-0.15, -0.1) is 0 Å². The molecule has 0 bridgehead atoms. The molecule has 0 aromatic heterocycles. The van der Waals surface area contributed by atoms with Gasteiger partial charge in [-0.3, -0.25) is 0 Å². The van der Waals surface area contributed by atoms with Crippen LogP contribution in [-0.2, 0) is 0 Å². The van der Waals surface area contributed by atoms with Crippen LogP contribution in [0.5, 0.6) is 0 Å². The molecule has 0 aliphatic carbocycles. The Morgan fingerprint density at radius 1 is 1.25 bits per heavy atom. The maximum absolute atomic E-state index is 5.89. The third-order valence-electron chi connectivity index (χ3n) is 2.09. The van der Waals surface area contributed by atoms with Gasteiger partial charge in [0.15, 0.2) is 0 Å². The predicted molar refractivity (Wildman–Crippen MR) is 59.7 cm³/mol. The molecule has 74 valence electrons. The zero-order chi connectivity index (χ0) is 9.40. The van der Waals surface area contributed by atoms with E-state index in [0.717, 1.165) is 11.7 Å². The Labute approximate surface area is 81.5 Å². The first kappa shape index (κ1) is 12.3. The highest BCUT2D eigenvalue weighted by Gasteiger charge is 2.03. The van der Waals surface area contributed by atoms with Crippen LogP contribution < -0.4 is 5.73 Å². The van der Waals surface area contributed by atoms with E-state index in [2.05, 4.69) is 20.8 Å². The van der Waals surface area contributed by atoms with Gasteiger partial charge < -0.3 is 5.73 Å². The van der Waals surface area contributed by atoms with Crippen LogP contribution in [0.15, 0.2) is 0 Å². The molecule has 0 aliphatic rings. The summed E-state index contributed by atoms with van der Waals surface area (Å²) < 4.78 is 0. The smallest absolute Gasteiger partial charge is 0.0130 e. The van der Waals surface area contributed by atoms with Crippen LogP contribution in [0.2, 0.25) is 0 Å². The summed E-state index contributed by atoms with van der Waals surface area (Å²) in [6, 6.07) is 0.420. The van der Waals surface area contributed by atoms with E-state index in [1.165, 1.54) is 25.0 Å². The summed E-state index contributed by atoms with van der Waals surface area (Å²) in [5.74, 6) is 3.26. The molecular formula is C10H23NS. The molecule has 0 aromatic rings. The molecule has 0 amide bonds. The van der Waals surface area contributed by atoms with Gasteiger partial charge >= 0.3 is 0 Å². The summed E-state index contributed by atoms with van der Waals surface area (Å²) in [6.45, 7) is 6.74. The molecule has 0 aromatic carbocycles. The second-order valence-electron chi connectivity index (χ2n) is 3.60. The lowest BCUT2D eigenvalue weighted by Gasteiger charge is -2.11. The second-order valence-corrected chi connectivity index (χ2v) is 4.67. The average molecular weight is 189 g/mol. The highest BCUT2D eigenvalue weighted by Crippen LogP contribution is 2.12. The van der Waals surface area contributed by atoms with Crippen molar-refractivity contribution >= 4 is 11.8 Å². The number of thioether (sulfide) groups is 1. The fourth-order valence-electron chi connectivity index (χ4n) is 0.993. The van der Waals surface area contributed by atoms with Gasteiger partial charge in [-0.05, 0) is 18.1 Å². The molecule has 0 radical (unpaired) electrons. The minimum Gasteiger partial charge on any atom is -0.327 e. The molecule has 0 saturated carbocycles. The molecule has 12 heavy (non-hydrogen) atoms. The fourth-order valence-corrected chi connectivity index (χ4v) is 2.24. The lowest BCUT2D eigenvalue weighted by atomic mass is 10.2. The molecule has 2 heteroatoms. The molecule has 0 rings (SSSR count). The Hall–Kier alpha value is 0.310. The van der Waals surface area contributed by atoms with Crippen molar-refractivity contribution in [3.63, 3.8) is 0 Å². The van der Waals surface area contributed by atoms with Crippen molar-refractivity contribution in [3.8, 4) is 0 Å². The second kappa shape index (κ2) is 7.93. The van der Waals surface area contributed by atoms with Crippen LogP contribution >= 0.6 is 11.8 Å². The molecule has 0 heterocycles. The maximum Gasteiger partial charge on any atom is 0.0130 e. The van der Waals surface area contributed by atoms with Gasteiger partial charge in [0, 0.05) is 11.8 Å². The quantitative estimate of drug-likeness (QED) is 0.666. The van der Waals surface area contributed by atoms with Crippen molar-refractivity contribution in [1.29, 1.82) is 0 Å². The van der Waals surface area contributed by atoms with Crippen molar-refractivity contribution in [1.82, 2.24) is 0 Å². The summed E-state index contributed by atoms with van der Waals surface area (Å²) in [6.07, 6.45) is 3.68. The Morgan fingerprint density at radius 2 is 1.92 bits per heavy atom. The van der Waals surface area contributed by atoms with Gasteiger partial charge in [0.1, 0.15) is 0 Å². The van der Waals surface area contributed by atoms with Gasteiger partial charge in [0.25, 0.3) is 0 Å². The summed E-state index contributed by atoms with van der Waals surface area (Å²) in [4.78, 5) is 0. The van der Waals surface area contributed by atoms with E-state index >= 15 is 0 Å². The van der Waals surface area contributed by atoms with E-state index in [1.807, 2.05) is 11.8 Å². The lowest BCUT2D eigenvalue weighted by Crippen LogP contribution is -2.22. The van der Waals surface area contributed by atoms with Crippen LogP contribution in [0.4, 0.5) is 0 Å². The number of hydrogen-bond donors (Lipinski definition) is 1. The highest BCUT2D eigenvalue weighted by atomic mass is 32.2. The van der Waals surface area contributed by atoms with Crippen molar-refractivity contribution in [2.75, 3.05) is 11.5 Å². The van der Waals surface area contributed by atoms with Crippen LogP contribution in [-0.4, -0.2) is 17.5 Å². The molecule has 2 unspecified atom stereocenters. The highest BCUT2D eigenvalue weighted by molar-refractivity contribution is 7.99. The predicted octanol–water partition coefficient (Wildman–Crippen LogP) is 2.89. The molecule has 1 nitrogen and oxygen atoms in total. The van der Waals surface area contributed by atoms with Crippen LogP contribution in [0.1, 0.15) is 40.0 Å². The Morgan fingerprint density at radius 3 is 2.42 bits per heavy atom. The first-order valence-corrected chi connectivity index (χ1v) is 6.19. The fraction of sp³-hybridized carbons (Fsp3) is 1.00. The Balaban J connectivity index is 3.18. The zero-order valence-corrected chi connectivity index (χ0v) is 9.49. The van der Waals surface area contributed by atoms with Crippen molar-refractivity contribution < 1.29 is 0 Å². The van der Waals surface area contributed by atoms with Crippen LogP contribution in [0, 0.1) is 5.92 Å². The maximum atomic E-state index is 5.89. The molecule has 2 N–H and O–H groups in total. The number of hydrogen-bond acceptors (Lipinski definition) is 2. The van der Waals surface area contributed by atoms with E-state index in [1.54, 1.807) is 0 Å². The summed E-state index contributed by atoms with van der Waals surface area (Å²) in [5, 5.41) is 0. The molecule has 0 fully saturated rings. The minimum absolute atomic E-state index is 0.420. The van der Waals surface area contributed by atoms with E-state index in [4.69, 9.17) is 5.73 Å². The van der Waals surface area contributed by atoms with Gasteiger partial charge in [-0.25, -0.2) is 0 Å². The van der Waals surface area contributed by atoms with E-state index in [-0.39, 0.29) is 0 Å². The van der Waals surface area contributed by atoms with Gasteiger partial charge in [-0.2, -0.15) is 11.8 Å². The molecule has 2 atom stereocenters. The third kappa shape index (κ3) is 6.99. The van der Waals surface area contributed by atoms with Crippen molar-refractivity contribution in [3.05, 3.63) is 0 Å². The normalized spacial score (nSPS) is 16.0. The zero-order valence-electron chi connectivity index (χ0n) is 8.68. The molecular weight excluding hydrogens is 166 g/mol. The standard InChI is InChI=1S/C10H23NS/c1-4-6-10(11)8-12-7-9(3)5-2/h9-10H,4-8,11H2,1-3H3. The van der Waals surface area contributed by atoms with Gasteiger partial charge in [0.2, 0.25) is 0 Å². The van der Waals surface area contributed by atoms with Crippen molar-refractivity contribution in [2.45, 2.75) is 46.1 Å². The van der Waals surface area contributed by atoms with Gasteiger partial charge in [0.05, 0.1) is 0 Å². The number of nitrogens with two attached hydrogens (primary N) is 1. The molecule has 0 aliphatic heterocycles. The molecule has 0 spiro atoms. The van der Waals surface area contributed by atoms with Crippen LogP contribution in [0.3, 0.4) is 0 Å². The Kier molecular flexibility index (Phi) is 8.14. The van der Waals surface area contributed by atoms with E-state index < -0.39 is 0 Å². The summed E-state index contributed by atoms with van der Waals surface area (Å²) in [5.41, 5.74) is 5.89. The lowest BCUT2D eigenvalue weighted by molar-refractivity contribution is 0.631. The van der Waals surface area contributed by atoms with Gasteiger partial charge in [-0.1, -0.05) is 33.6 Å². The summed E-state index contributed by atoms with van der Waals surface area (Å²) >= 11 is 2.01. The minimum atomic E-state index is 0.420. The topological polar surface area (TPSA) is 26.0 Å². The van der Waals surface area contributed by atoms with Crippen molar-refractivity contribution in [2.24, 2.45) is 11.7 Å².